The first kappa shape index (κ1) is 42.3. The van der Waals surface area contributed by atoms with E-state index >= 15 is 4.39 Å². The van der Waals surface area contributed by atoms with Crippen LogP contribution in [0.3, 0.4) is 0 Å². The van der Waals surface area contributed by atoms with Gasteiger partial charge in [-0.2, -0.15) is 8.78 Å². The highest BCUT2D eigenvalue weighted by atomic mass is 19.3. The summed E-state index contributed by atoms with van der Waals surface area (Å²) in [5, 5.41) is 7.64. The first-order valence-corrected chi connectivity index (χ1v) is 21.3. The molecular formula is C45H55F3N8O5. The number of fused-ring (bicyclic) bond motifs is 1. The van der Waals surface area contributed by atoms with E-state index in [1.807, 2.05) is 24.9 Å². The van der Waals surface area contributed by atoms with Gasteiger partial charge in [-0.05, 0) is 111 Å². The molecule has 3 N–H and O–H groups in total. The number of anilines is 5. The monoisotopic (exact) mass is 844 g/mol. The lowest BCUT2D eigenvalue weighted by atomic mass is 9.66. The Morgan fingerprint density at radius 1 is 0.902 bits per heavy atom. The summed E-state index contributed by atoms with van der Waals surface area (Å²) in [6, 6.07) is 15.0. The van der Waals surface area contributed by atoms with Gasteiger partial charge in [-0.15, -0.1) is 0 Å². The normalized spacial score (nSPS) is 22.1. The van der Waals surface area contributed by atoms with E-state index in [9.17, 15) is 28.0 Å². The number of alkyl halides is 2. The molecule has 61 heavy (non-hydrogen) atoms. The summed E-state index contributed by atoms with van der Waals surface area (Å²) in [7, 11) is 2.88. The van der Waals surface area contributed by atoms with Crippen LogP contribution < -0.4 is 35.5 Å². The average molecular weight is 845 g/mol. The number of nitrogens with zero attached hydrogens (tertiary/aromatic N) is 5. The largest absolute Gasteiger partial charge is 0.495 e. The zero-order chi connectivity index (χ0) is 43.2. The van der Waals surface area contributed by atoms with Crippen LogP contribution in [0.5, 0.6) is 5.75 Å². The summed E-state index contributed by atoms with van der Waals surface area (Å²) in [5.41, 5.74) is 6.95. The summed E-state index contributed by atoms with van der Waals surface area (Å²) in [6.07, 6.45) is 5.13. The van der Waals surface area contributed by atoms with Crippen molar-refractivity contribution in [3.05, 3.63) is 71.5 Å². The molecule has 1 spiro atoms. The number of amides is 4. The van der Waals surface area contributed by atoms with Crippen molar-refractivity contribution in [2.75, 3.05) is 86.5 Å². The number of ether oxygens (including phenoxy) is 1. The first-order chi connectivity index (χ1) is 29.1. The molecule has 4 fully saturated rings. The predicted octanol–water partition coefficient (Wildman–Crippen LogP) is 5.88. The Bertz CT molecular complexity index is 2180. The Morgan fingerprint density at radius 2 is 1.62 bits per heavy atom. The van der Waals surface area contributed by atoms with Gasteiger partial charge < -0.3 is 24.8 Å². The lowest BCUT2D eigenvalue weighted by Crippen LogP contribution is -2.63. The molecule has 0 bridgehead atoms. The molecule has 4 amide bonds. The number of carbonyl (C=O) groups is 4. The molecule has 0 radical (unpaired) electrons. The van der Waals surface area contributed by atoms with E-state index in [1.165, 1.54) is 25.1 Å². The van der Waals surface area contributed by atoms with Crippen molar-refractivity contribution in [3.8, 4) is 5.75 Å². The van der Waals surface area contributed by atoms with Crippen LogP contribution in [0.25, 0.3) is 0 Å². The van der Waals surface area contributed by atoms with Crippen LogP contribution in [0.2, 0.25) is 0 Å². The third-order valence-electron chi connectivity index (χ3n) is 13.3. The van der Waals surface area contributed by atoms with Crippen molar-refractivity contribution in [1.29, 1.82) is 0 Å². The second-order valence-electron chi connectivity index (χ2n) is 17.8. The summed E-state index contributed by atoms with van der Waals surface area (Å²) >= 11 is 0. The maximum atomic E-state index is 15.3. The van der Waals surface area contributed by atoms with Gasteiger partial charge in [0.25, 0.3) is 11.8 Å². The highest BCUT2D eigenvalue weighted by molar-refractivity contribution is 6.03. The molecule has 5 aliphatic rings. The number of imide groups is 1. The van der Waals surface area contributed by atoms with E-state index in [-0.39, 0.29) is 41.4 Å². The molecular weight excluding hydrogens is 790 g/mol. The van der Waals surface area contributed by atoms with E-state index in [1.54, 1.807) is 42.5 Å². The zero-order valence-electron chi connectivity index (χ0n) is 35.2. The number of piperazine rings is 1. The molecule has 3 aromatic carbocycles. The van der Waals surface area contributed by atoms with E-state index in [0.29, 0.717) is 57.7 Å². The molecule has 3 saturated heterocycles. The molecule has 13 nitrogen and oxygen atoms in total. The number of methoxy groups -OCH3 is 1. The van der Waals surface area contributed by atoms with E-state index in [4.69, 9.17) is 4.74 Å². The summed E-state index contributed by atoms with van der Waals surface area (Å²) in [4.78, 5) is 56.8. The predicted molar refractivity (Wildman–Crippen MR) is 227 cm³/mol. The number of piperidine rings is 1. The van der Waals surface area contributed by atoms with Crippen LogP contribution in [-0.4, -0.2) is 112 Å². The van der Waals surface area contributed by atoms with Gasteiger partial charge >= 0.3 is 5.92 Å². The molecule has 4 aliphatic heterocycles. The fourth-order valence-electron chi connectivity index (χ4n) is 9.77. The Hall–Kier alpha value is -5.35. The summed E-state index contributed by atoms with van der Waals surface area (Å²) in [5.74, 6) is -5.47. The molecule has 4 heterocycles. The fourth-order valence-corrected chi connectivity index (χ4v) is 9.77. The van der Waals surface area contributed by atoms with Gasteiger partial charge in [0.1, 0.15) is 11.6 Å². The second-order valence-corrected chi connectivity index (χ2v) is 17.8. The maximum Gasteiger partial charge on any atom is 0.342 e. The fraction of sp³-hybridized carbons (Fsp3) is 0.511. The molecule has 1 saturated carbocycles. The minimum Gasteiger partial charge on any atom is -0.495 e. The Kier molecular flexibility index (Phi) is 11.7. The highest BCUT2D eigenvalue weighted by Crippen LogP contribution is 2.46. The molecule has 1 aliphatic carbocycles. The van der Waals surface area contributed by atoms with Crippen LogP contribution in [0.4, 0.5) is 41.6 Å². The molecule has 8 rings (SSSR count). The minimum absolute atomic E-state index is 0.197. The number of benzene rings is 3. The number of hydrazine groups is 1. The van der Waals surface area contributed by atoms with E-state index in [0.717, 1.165) is 76.4 Å². The Balaban J connectivity index is 0.793. The van der Waals surface area contributed by atoms with Crippen LogP contribution >= 0.6 is 0 Å². The van der Waals surface area contributed by atoms with Crippen LogP contribution in [0.15, 0.2) is 54.6 Å². The second kappa shape index (κ2) is 16.8. The molecule has 1 atom stereocenters. The van der Waals surface area contributed by atoms with E-state index < -0.39 is 24.3 Å². The molecule has 3 aromatic rings. The minimum atomic E-state index is -3.54. The molecule has 326 valence electrons. The van der Waals surface area contributed by atoms with Crippen molar-refractivity contribution in [1.82, 2.24) is 20.7 Å². The molecule has 16 heteroatoms. The third-order valence-corrected chi connectivity index (χ3v) is 13.3. The lowest BCUT2D eigenvalue weighted by Gasteiger charge is -2.53. The summed E-state index contributed by atoms with van der Waals surface area (Å²) < 4.78 is 50.5. The quantitative estimate of drug-likeness (QED) is 0.213. The van der Waals surface area contributed by atoms with E-state index in [2.05, 4.69) is 25.9 Å². The standard InChI is InChI=1S/C45H55F3N8O5/c1-28(2)56-27-45(47,48)43(60)52(3)37-11-7-32(23-38(37)56)49-35-9-5-31(22-39(35)61-4)41(58)51-55-25-44(26-55)15-13-29(14-16-44)24-53-17-19-54(20-18-53)36-10-6-30(21-34(36)46)33-8-12-40(57)50-42(33)59/h5-7,9-11,21-23,28-29,33,49H,8,12-20,24-27H2,1-4H3,(H,51,58)(H,50,57,59). The molecule has 1 unspecified atom stereocenters. The molecule has 0 aromatic heterocycles. The number of carbonyl (C=O) groups excluding carboxylic acids is 4. The topological polar surface area (TPSA) is 130 Å². The van der Waals surface area contributed by atoms with Crippen LogP contribution in [0, 0.1) is 17.2 Å². The van der Waals surface area contributed by atoms with Gasteiger partial charge in [0.05, 0.1) is 42.3 Å². The summed E-state index contributed by atoms with van der Waals surface area (Å²) in [6.45, 7) is 8.67. The number of hydrogen-bond donors (Lipinski definition) is 3. The highest BCUT2D eigenvalue weighted by Gasteiger charge is 2.48. The number of halogens is 3. The van der Waals surface area contributed by atoms with Gasteiger partial charge in [-0.1, -0.05) is 6.07 Å². The van der Waals surface area contributed by atoms with Crippen LogP contribution in [-0.2, 0) is 14.4 Å². The van der Waals surface area contributed by atoms with Crippen molar-refractivity contribution in [3.63, 3.8) is 0 Å². The number of nitrogens with one attached hydrogen (secondary N) is 3. The van der Waals surface area contributed by atoms with Gasteiger partial charge in [0, 0.05) is 76.6 Å². The smallest absolute Gasteiger partial charge is 0.342 e. The third kappa shape index (κ3) is 8.74. The average Bonchev–Trinajstić information content (AvgIpc) is 3.29. The van der Waals surface area contributed by atoms with Crippen molar-refractivity contribution in [2.24, 2.45) is 11.3 Å². The van der Waals surface area contributed by atoms with Gasteiger partial charge in [-0.3, -0.25) is 34.8 Å². The zero-order valence-corrected chi connectivity index (χ0v) is 35.2. The lowest BCUT2D eigenvalue weighted by molar-refractivity contribution is -0.140. The first-order valence-electron chi connectivity index (χ1n) is 21.3. The van der Waals surface area contributed by atoms with Crippen molar-refractivity contribution < 1.29 is 37.1 Å². The SMILES string of the molecule is COc1cc(C(=O)NN2CC3(CCC(CN4CCN(c5ccc(C6CCC(=O)NC6=O)cc5F)CC4)CC3)C2)ccc1Nc1ccc2c(c1)N(C(C)C)CC(F)(F)C(=O)N2C. The Labute approximate surface area is 354 Å². The van der Waals surface area contributed by atoms with Gasteiger partial charge in [0.2, 0.25) is 11.8 Å². The van der Waals surface area contributed by atoms with Gasteiger partial charge in [-0.25, -0.2) is 9.40 Å². The van der Waals surface area contributed by atoms with Crippen molar-refractivity contribution in [2.45, 2.75) is 70.3 Å². The Morgan fingerprint density at radius 3 is 2.30 bits per heavy atom. The maximum absolute atomic E-state index is 15.3. The van der Waals surface area contributed by atoms with Gasteiger partial charge in [0.15, 0.2) is 0 Å². The van der Waals surface area contributed by atoms with Crippen LogP contribution in [0.1, 0.15) is 74.2 Å². The number of rotatable bonds is 10. The van der Waals surface area contributed by atoms with Crippen molar-refractivity contribution >= 4 is 52.1 Å². The number of hydrogen-bond acceptors (Lipinski definition) is 10.